The molecule has 1 rings (SSSR count). The van der Waals surface area contributed by atoms with Gasteiger partial charge in [-0.1, -0.05) is 13.5 Å². The first kappa shape index (κ1) is 8.31. The molecule has 0 atom stereocenters. The standard InChI is InChI=1S/C9H15NO/c1-4-9(11)10(3)8-5-7(2)6-8/h4,7-8H,1,5-6H2,2-3H3. The molecular weight excluding hydrogens is 138 g/mol. The number of carbonyl (C=O) groups is 1. The van der Waals surface area contributed by atoms with Gasteiger partial charge in [-0.3, -0.25) is 4.79 Å². The van der Waals surface area contributed by atoms with Gasteiger partial charge in [0.25, 0.3) is 0 Å². The Morgan fingerprint density at radius 1 is 1.64 bits per heavy atom. The van der Waals surface area contributed by atoms with E-state index < -0.39 is 0 Å². The molecule has 0 unspecified atom stereocenters. The van der Waals surface area contributed by atoms with Crippen LogP contribution in [0.3, 0.4) is 0 Å². The summed E-state index contributed by atoms with van der Waals surface area (Å²) < 4.78 is 0. The first-order chi connectivity index (χ1) is 5.15. The molecule has 0 radical (unpaired) electrons. The van der Waals surface area contributed by atoms with Crippen LogP contribution in [0, 0.1) is 5.92 Å². The van der Waals surface area contributed by atoms with Crippen LogP contribution in [0.1, 0.15) is 19.8 Å². The van der Waals surface area contributed by atoms with Crippen LogP contribution in [0.4, 0.5) is 0 Å². The second-order valence-corrected chi connectivity index (χ2v) is 3.38. The molecule has 0 heterocycles. The topological polar surface area (TPSA) is 20.3 Å². The van der Waals surface area contributed by atoms with Gasteiger partial charge in [0.1, 0.15) is 0 Å². The van der Waals surface area contributed by atoms with E-state index in [1.165, 1.54) is 6.08 Å². The second-order valence-electron chi connectivity index (χ2n) is 3.38. The zero-order valence-corrected chi connectivity index (χ0v) is 7.21. The number of nitrogens with zero attached hydrogens (tertiary/aromatic N) is 1. The van der Waals surface area contributed by atoms with Crippen LogP contribution in [0.25, 0.3) is 0 Å². The quantitative estimate of drug-likeness (QED) is 0.549. The van der Waals surface area contributed by atoms with Crippen molar-refractivity contribution >= 4 is 5.91 Å². The van der Waals surface area contributed by atoms with Gasteiger partial charge >= 0.3 is 0 Å². The smallest absolute Gasteiger partial charge is 0.245 e. The van der Waals surface area contributed by atoms with Crippen molar-refractivity contribution in [3.8, 4) is 0 Å². The summed E-state index contributed by atoms with van der Waals surface area (Å²) in [6, 6.07) is 0.468. The highest BCUT2D eigenvalue weighted by Crippen LogP contribution is 2.30. The van der Waals surface area contributed by atoms with Gasteiger partial charge in [-0.05, 0) is 24.8 Å². The van der Waals surface area contributed by atoms with E-state index in [4.69, 9.17) is 0 Å². The molecule has 2 nitrogen and oxygen atoms in total. The molecule has 0 bridgehead atoms. The minimum Gasteiger partial charge on any atom is -0.339 e. The summed E-state index contributed by atoms with van der Waals surface area (Å²) >= 11 is 0. The molecule has 1 amide bonds. The van der Waals surface area contributed by atoms with Crippen LogP contribution in [0.5, 0.6) is 0 Å². The summed E-state index contributed by atoms with van der Waals surface area (Å²) in [6.07, 6.45) is 3.68. The molecule has 0 aliphatic heterocycles. The number of hydrogen-bond acceptors (Lipinski definition) is 1. The molecule has 0 spiro atoms. The predicted octanol–water partition coefficient (Wildman–Crippen LogP) is 1.43. The van der Waals surface area contributed by atoms with E-state index in [0.29, 0.717) is 6.04 Å². The number of likely N-dealkylation sites (N-methyl/N-ethyl adjacent to an activating group) is 1. The van der Waals surface area contributed by atoms with E-state index in [-0.39, 0.29) is 5.91 Å². The highest BCUT2D eigenvalue weighted by Gasteiger charge is 2.30. The van der Waals surface area contributed by atoms with Crippen molar-refractivity contribution in [2.45, 2.75) is 25.8 Å². The SMILES string of the molecule is C=CC(=O)N(C)C1CC(C)C1. The van der Waals surface area contributed by atoms with Gasteiger partial charge in [-0.2, -0.15) is 0 Å². The van der Waals surface area contributed by atoms with Gasteiger partial charge in [0.15, 0.2) is 0 Å². The average Bonchev–Trinajstić information content (AvgIpc) is 1.96. The van der Waals surface area contributed by atoms with E-state index in [0.717, 1.165) is 18.8 Å². The molecule has 1 aliphatic carbocycles. The first-order valence-electron chi connectivity index (χ1n) is 4.04. The van der Waals surface area contributed by atoms with E-state index in [1.54, 1.807) is 4.90 Å². The molecule has 0 aromatic carbocycles. The number of rotatable bonds is 2. The van der Waals surface area contributed by atoms with Crippen LogP contribution in [-0.2, 0) is 4.79 Å². The normalized spacial score (nSPS) is 28.9. The first-order valence-corrected chi connectivity index (χ1v) is 4.04. The van der Waals surface area contributed by atoms with Crippen LogP contribution in [0.15, 0.2) is 12.7 Å². The van der Waals surface area contributed by atoms with Crippen LogP contribution < -0.4 is 0 Å². The molecule has 11 heavy (non-hydrogen) atoms. The van der Waals surface area contributed by atoms with Crippen LogP contribution >= 0.6 is 0 Å². The van der Waals surface area contributed by atoms with Crippen molar-refractivity contribution in [2.24, 2.45) is 5.92 Å². The van der Waals surface area contributed by atoms with Crippen molar-refractivity contribution in [1.82, 2.24) is 4.90 Å². The monoisotopic (exact) mass is 153 g/mol. The largest absolute Gasteiger partial charge is 0.339 e. The summed E-state index contributed by atoms with van der Waals surface area (Å²) in [6.45, 7) is 5.66. The molecule has 0 aromatic heterocycles. The minimum absolute atomic E-state index is 0.0434. The zero-order valence-electron chi connectivity index (χ0n) is 7.21. The van der Waals surface area contributed by atoms with E-state index in [2.05, 4.69) is 13.5 Å². The van der Waals surface area contributed by atoms with Gasteiger partial charge in [0.05, 0.1) is 0 Å². The Morgan fingerprint density at radius 3 is 2.55 bits per heavy atom. The van der Waals surface area contributed by atoms with Crippen LogP contribution in [-0.4, -0.2) is 23.9 Å². The lowest BCUT2D eigenvalue weighted by Gasteiger charge is -2.39. The van der Waals surface area contributed by atoms with Gasteiger partial charge in [-0.25, -0.2) is 0 Å². The lowest BCUT2D eigenvalue weighted by molar-refractivity contribution is -0.129. The Labute approximate surface area is 67.9 Å². The van der Waals surface area contributed by atoms with E-state index >= 15 is 0 Å². The molecule has 0 aromatic rings. The Balaban J connectivity index is 2.37. The maximum absolute atomic E-state index is 11.1. The molecule has 1 fully saturated rings. The molecule has 2 heteroatoms. The maximum Gasteiger partial charge on any atom is 0.245 e. The highest BCUT2D eigenvalue weighted by molar-refractivity contribution is 5.87. The Bertz CT molecular complexity index is 170. The van der Waals surface area contributed by atoms with Crippen LogP contribution in [0.2, 0.25) is 0 Å². The number of hydrogen-bond donors (Lipinski definition) is 0. The lowest BCUT2D eigenvalue weighted by atomic mass is 9.81. The summed E-state index contributed by atoms with van der Waals surface area (Å²) in [5, 5.41) is 0. The van der Waals surface area contributed by atoms with Crippen molar-refractivity contribution in [3.63, 3.8) is 0 Å². The maximum atomic E-state index is 11.1. The average molecular weight is 153 g/mol. The number of amides is 1. The Morgan fingerprint density at radius 2 is 2.18 bits per heavy atom. The van der Waals surface area contributed by atoms with Gasteiger partial charge < -0.3 is 4.90 Å². The predicted molar refractivity (Wildman–Crippen MR) is 45.2 cm³/mol. The molecule has 62 valence electrons. The minimum atomic E-state index is 0.0434. The van der Waals surface area contributed by atoms with Gasteiger partial charge in [0.2, 0.25) is 5.91 Å². The third kappa shape index (κ3) is 1.62. The third-order valence-corrected chi connectivity index (χ3v) is 2.42. The Kier molecular flexibility index (Phi) is 2.32. The molecule has 1 saturated carbocycles. The van der Waals surface area contributed by atoms with Gasteiger partial charge in [0, 0.05) is 13.1 Å². The fourth-order valence-electron chi connectivity index (χ4n) is 1.50. The molecule has 0 N–H and O–H groups in total. The fraction of sp³-hybridized carbons (Fsp3) is 0.667. The Hall–Kier alpha value is -0.790. The zero-order chi connectivity index (χ0) is 8.43. The summed E-state index contributed by atoms with van der Waals surface area (Å²) in [5.41, 5.74) is 0. The van der Waals surface area contributed by atoms with Crippen molar-refractivity contribution in [2.75, 3.05) is 7.05 Å². The van der Waals surface area contributed by atoms with E-state index in [1.807, 2.05) is 7.05 Å². The summed E-state index contributed by atoms with van der Waals surface area (Å²) in [7, 11) is 1.85. The molecule has 0 saturated heterocycles. The van der Waals surface area contributed by atoms with Crippen molar-refractivity contribution in [1.29, 1.82) is 0 Å². The third-order valence-electron chi connectivity index (χ3n) is 2.42. The van der Waals surface area contributed by atoms with Crippen molar-refractivity contribution in [3.05, 3.63) is 12.7 Å². The fourth-order valence-corrected chi connectivity index (χ4v) is 1.50. The second kappa shape index (κ2) is 3.07. The molecule has 1 aliphatic rings. The van der Waals surface area contributed by atoms with E-state index in [9.17, 15) is 4.79 Å². The number of carbonyl (C=O) groups excluding carboxylic acids is 1. The summed E-state index contributed by atoms with van der Waals surface area (Å²) in [4.78, 5) is 12.8. The lowest BCUT2D eigenvalue weighted by Crippen LogP contribution is -2.44. The highest BCUT2D eigenvalue weighted by atomic mass is 16.2. The van der Waals surface area contributed by atoms with Gasteiger partial charge in [-0.15, -0.1) is 0 Å². The molecular formula is C9H15NO. The van der Waals surface area contributed by atoms with Crippen molar-refractivity contribution < 1.29 is 4.79 Å². The summed E-state index contributed by atoms with van der Waals surface area (Å²) in [5.74, 6) is 0.835.